The second-order valence-electron chi connectivity index (χ2n) is 2.30. The van der Waals surface area contributed by atoms with Crippen LogP contribution < -0.4 is 5.32 Å². The van der Waals surface area contributed by atoms with Crippen LogP contribution in [0.3, 0.4) is 0 Å². The Hall–Kier alpha value is -0.570. The molecule has 0 saturated heterocycles. The predicted molar refractivity (Wildman–Crippen MR) is 50.8 cm³/mol. The van der Waals surface area contributed by atoms with Crippen molar-refractivity contribution in [2.45, 2.75) is 13.8 Å². The maximum Gasteiger partial charge on any atom is 0.106 e. The molecule has 1 N–H and O–H groups in total. The number of halogens is 1. The molecule has 0 fully saturated rings. The summed E-state index contributed by atoms with van der Waals surface area (Å²) in [4.78, 5) is 4.25. The molecule has 0 aliphatic carbocycles. The minimum atomic E-state index is 0.886. The van der Waals surface area contributed by atoms with Crippen molar-refractivity contribution in [3.63, 3.8) is 0 Å². The van der Waals surface area contributed by atoms with E-state index in [1.165, 1.54) is 0 Å². The number of anilines is 1. The maximum absolute atomic E-state index is 4.25. The van der Waals surface area contributed by atoms with Crippen molar-refractivity contribution in [2.24, 2.45) is 0 Å². The Morgan fingerprint density at radius 1 is 1.55 bits per heavy atom. The first kappa shape index (κ1) is 8.53. The Kier molecular flexibility index (Phi) is 2.88. The Bertz CT molecular complexity index is 248. The van der Waals surface area contributed by atoms with Crippen LogP contribution >= 0.6 is 15.9 Å². The number of pyridine rings is 1. The second-order valence-corrected chi connectivity index (χ2v) is 3.11. The zero-order chi connectivity index (χ0) is 8.27. The van der Waals surface area contributed by atoms with Crippen LogP contribution in [0.2, 0.25) is 0 Å². The van der Waals surface area contributed by atoms with Crippen LogP contribution in [-0.2, 0) is 0 Å². The van der Waals surface area contributed by atoms with Crippen LogP contribution in [0, 0.1) is 6.92 Å². The summed E-state index contributed by atoms with van der Waals surface area (Å²) in [6.07, 6.45) is 0. The third-order valence-corrected chi connectivity index (χ3v) is 1.86. The fourth-order valence-electron chi connectivity index (χ4n) is 0.908. The Balaban J connectivity index is 2.90. The zero-order valence-corrected chi connectivity index (χ0v) is 8.27. The van der Waals surface area contributed by atoms with Crippen LogP contribution in [-0.4, -0.2) is 11.5 Å². The lowest BCUT2D eigenvalue weighted by atomic mass is 10.3. The Morgan fingerprint density at radius 3 is 2.82 bits per heavy atom. The summed E-state index contributed by atoms with van der Waals surface area (Å²) < 4.78 is 0.886. The van der Waals surface area contributed by atoms with Gasteiger partial charge >= 0.3 is 0 Å². The number of hydrogen-bond acceptors (Lipinski definition) is 2. The van der Waals surface area contributed by atoms with Crippen molar-refractivity contribution >= 4 is 21.6 Å². The third kappa shape index (κ3) is 2.19. The number of hydrogen-bond donors (Lipinski definition) is 1. The lowest BCUT2D eigenvalue weighted by Gasteiger charge is -2.05. The summed E-state index contributed by atoms with van der Waals surface area (Å²) in [5.74, 6) is 0. The minimum Gasteiger partial charge on any atom is -0.384 e. The second kappa shape index (κ2) is 3.72. The summed E-state index contributed by atoms with van der Waals surface area (Å²) >= 11 is 3.31. The average Bonchev–Trinajstić information content (AvgIpc) is 1.95. The summed E-state index contributed by atoms with van der Waals surface area (Å²) in [5, 5.41) is 3.22. The van der Waals surface area contributed by atoms with Crippen LogP contribution in [0.15, 0.2) is 16.7 Å². The van der Waals surface area contributed by atoms with E-state index in [-0.39, 0.29) is 0 Å². The molecule has 1 heterocycles. The Labute approximate surface area is 75.2 Å². The molecule has 0 spiro atoms. The molecule has 0 aromatic carbocycles. The first-order chi connectivity index (χ1) is 5.24. The molecule has 0 bridgehead atoms. The quantitative estimate of drug-likeness (QED) is 0.767. The van der Waals surface area contributed by atoms with Gasteiger partial charge in [-0.05, 0) is 41.9 Å². The number of aryl methyl sites for hydroxylation is 1. The van der Waals surface area contributed by atoms with Crippen LogP contribution in [0.5, 0.6) is 0 Å². The van der Waals surface area contributed by atoms with Gasteiger partial charge in [-0.1, -0.05) is 0 Å². The highest BCUT2D eigenvalue weighted by Crippen LogP contribution is 2.15. The third-order valence-electron chi connectivity index (χ3n) is 1.42. The van der Waals surface area contributed by atoms with Gasteiger partial charge in [-0.15, -0.1) is 0 Å². The van der Waals surface area contributed by atoms with E-state index < -0.39 is 0 Å². The fraction of sp³-hybridized carbons (Fsp3) is 0.375. The number of aromatic nitrogens is 1. The highest BCUT2D eigenvalue weighted by atomic mass is 79.9. The molecule has 0 radical (unpaired) electrons. The average molecular weight is 215 g/mol. The summed E-state index contributed by atoms with van der Waals surface area (Å²) in [6, 6.07) is 3.96. The van der Waals surface area contributed by atoms with E-state index >= 15 is 0 Å². The predicted octanol–water partition coefficient (Wildman–Crippen LogP) is 2.58. The normalized spacial score (nSPS) is 9.73. The van der Waals surface area contributed by atoms with E-state index in [2.05, 4.69) is 33.2 Å². The van der Waals surface area contributed by atoms with E-state index in [1.54, 1.807) is 0 Å². The molecule has 1 aromatic rings. The summed E-state index contributed by atoms with van der Waals surface area (Å²) in [6.45, 7) is 4.99. The van der Waals surface area contributed by atoms with Crippen molar-refractivity contribution in [1.82, 2.24) is 4.98 Å². The van der Waals surface area contributed by atoms with Gasteiger partial charge in [0.1, 0.15) is 4.60 Å². The van der Waals surface area contributed by atoms with E-state index in [1.807, 2.05) is 19.1 Å². The molecule has 0 aliphatic heterocycles. The highest BCUT2D eigenvalue weighted by Gasteiger charge is 1.96. The molecule has 3 heteroatoms. The molecule has 1 aromatic heterocycles. The van der Waals surface area contributed by atoms with E-state index in [4.69, 9.17) is 0 Å². The molecule has 0 amide bonds. The molecule has 0 saturated carbocycles. The van der Waals surface area contributed by atoms with Gasteiger partial charge in [-0.2, -0.15) is 0 Å². The number of rotatable bonds is 2. The molecule has 60 valence electrons. The molecular formula is C8H11BrN2. The van der Waals surface area contributed by atoms with E-state index in [0.29, 0.717) is 0 Å². The largest absolute Gasteiger partial charge is 0.384 e. The van der Waals surface area contributed by atoms with Crippen molar-refractivity contribution < 1.29 is 0 Å². The van der Waals surface area contributed by atoms with Gasteiger partial charge in [0.15, 0.2) is 0 Å². The lowest BCUT2D eigenvalue weighted by Crippen LogP contribution is -1.99. The number of nitrogens with zero attached hydrogens (tertiary/aromatic N) is 1. The van der Waals surface area contributed by atoms with Gasteiger partial charge in [0.25, 0.3) is 0 Å². The van der Waals surface area contributed by atoms with Gasteiger partial charge < -0.3 is 5.32 Å². The van der Waals surface area contributed by atoms with Crippen LogP contribution in [0.4, 0.5) is 5.69 Å². The minimum absolute atomic E-state index is 0.886. The van der Waals surface area contributed by atoms with Gasteiger partial charge in [0.05, 0.1) is 11.4 Å². The molecule has 0 atom stereocenters. The molecule has 2 nitrogen and oxygen atoms in total. The highest BCUT2D eigenvalue weighted by molar-refractivity contribution is 9.10. The molecule has 0 unspecified atom stereocenters. The van der Waals surface area contributed by atoms with Crippen molar-refractivity contribution in [3.8, 4) is 0 Å². The fourth-order valence-corrected chi connectivity index (χ4v) is 1.31. The molecular weight excluding hydrogens is 204 g/mol. The standard InChI is InChI=1S/C8H11BrN2/c1-3-10-7-4-5-8(9)11-6(7)2/h4-5,10H,3H2,1-2H3. The van der Waals surface area contributed by atoms with Crippen molar-refractivity contribution in [2.75, 3.05) is 11.9 Å². The topological polar surface area (TPSA) is 24.9 Å². The smallest absolute Gasteiger partial charge is 0.106 e. The monoisotopic (exact) mass is 214 g/mol. The SMILES string of the molecule is CCNc1ccc(Br)nc1C. The van der Waals surface area contributed by atoms with Gasteiger partial charge in [-0.3, -0.25) is 0 Å². The first-order valence-electron chi connectivity index (χ1n) is 3.61. The molecule has 1 rings (SSSR count). The van der Waals surface area contributed by atoms with Gasteiger partial charge in [0, 0.05) is 6.54 Å². The maximum atomic E-state index is 4.25. The summed E-state index contributed by atoms with van der Waals surface area (Å²) in [7, 11) is 0. The van der Waals surface area contributed by atoms with Gasteiger partial charge in [0.2, 0.25) is 0 Å². The number of nitrogens with one attached hydrogen (secondary N) is 1. The van der Waals surface area contributed by atoms with E-state index in [0.717, 1.165) is 22.5 Å². The molecule has 0 aliphatic rings. The first-order valence-corrected chi connectivity index (χ1v) is 4.40. The van der Waals surface area contributed by atoms with Crippen molar-refractivity contribution in [1.29, 1.82) is 0 Å². The Morgan fingerprint density at radius 2 is 2.27 bits per heavy atom. The lowest BCUT2D eigenvalue weighted by molar-refractivity contribution is 1.12. The zero-order valence-electron chi connectivity index (χ0n) is 6.69. The van der Waals surface area contributed by atoms with E-state index in [9.17, 15) is 0 Å². The van der Waals surface area contributed by atoms with Crippen molar-refractivity contribution in [3.05, 3.63) is 22.4 Å². The van der Waals surface area contributed by atoms with Gasteiger partial charge in [-0.25, -0.2) is 4.98 Å². The summed E-state index contributed by atoms with van der Waals surface area (Å²) in [5.41, 5.74) is 2.14. The molecule has 11 heavy (non-hydrogen) atoms. The van der Waals surface area contributed by atoms with Crippen LogP contribution in [0.1, 0.15) is 12.6 Å². The van der Waals surface area contributed by atoms with Crippen LogP contribution in [0.25, 0.3) is 0 Å².